The Morgan fingerprint density at radius 2 is 1.00 bits per heavy atom. The predicted molar refractivity (Wildman–Crippen MR) is 202 cm³/mol. The highest BCUT2D eigenvalue weighted by atomic mass is 16.4. The van der Waals surface area contributed by atoms with Gasteiger partial charge >= 0.3 is 0 Å². The van der Waals surface area contributed by atoms with Crippen LogP contribution in [0.2, 0.25) is 0 Å². The molecule has 0 aliphatic carbocycles. The SMILES string of the molecule is c1ccc(-c2ccc(N(c3ccc4c(ccc5ccccc54)c3)c3ccc4c(c3)oc3ccc5oc(-c6ccccc6)nc5c34)cc2)cc1. The monoisotopic (exact) mass is 628 g/mol. The van der Waals surface area contributed by atoms with Crippen LogP contribution in [0.3, 0.4) is 0 Å². The van der Waals surface area contributed by atoms with Crippen molar-refractivity contribution < 1.29 is 8.83 Å². The highest BCUT2D eigenvalue weighted by Gasteiger charge is 2.19. The third-order valence-electron chi connectivity index (χ3n) is 9.48. The summed E-state index contributed by atoms with van der Waals surface area (Å²) in [7, 11) is 0. The van der Waals surface area contributed by atoms with Gasteiger partial charge in [0.2, 0.25) is 5.89 Å². The summed E-state index contributed by atoms with van der Waals surface area (Å²) < 4.78 is 12.7. The van der Waals surface area contributed by atoms with Crippen molar-refractivity contribution in [3.05, 3.63) is 170 Å². The number of nitrogens with zero attached hydrogens (tertiary/aromatic N) is 2. The zero-order valence-corrected chi connectivity index (χ0v) is 26.4. The van der Waals surface area contributed by atoms with Gasteiger partial charge < -0.3 is 13.7 Å². The van der Waals surface area contributed by atoms with Gasteiger partial charge in [-0.2, -0.15) is 0 Å². The molecule has 0 unspecified atom stereocenters. The molecule has 0 N–H and O–H groups in total. The maximum absolute atomic E-state index is 6.53. The lowest BCUT2D eigenvalue weighted by molar-refractivity contribution is 0.619. The van der Waals surface area contributed by atoms with E-state index in [1.54, 1.807) is 0 Å². The summed E-state index contributed by atoms with van der Waals surface area (Å²) in [5.41, 5.74) is 9.55. The first-order valence-electron chi connectivity index (χ1n) is 16.5. The molecule has 0 amide bonds. The third-order valence-corrected chi connectivity index (χ3v) is 9.48. The molecule has 49 heavy (non-hydrogen) atoms. The van der Waals surface area contributed by atoms with Crippen LogP contribution in [0.5, 0.6) is 0 Å². The summed E-state index contributed by atoms with van der Waals surface area (Å²) in [6.07, 6.45) is 0. The largest absolute Gasteiger partial charge is 0.456 e. The Morgan fingerprint density at radius 1 is 0.388 bits per heavy atom. The molecule has 0 bridgehead atoms. The Balaban J connectivity index is 1.14. The Labute approximate surface area is 282 Å². The van der Waals surface area contributed by atoms with Gasteiger partial charge in [-0.3, -0.25) is 0 Å². The Kier molecular flexibility index (Phi) is 6.15. The number of aromatic nitrogens is 1. The average Bonchev–Trinajstić information content (AvgIpc) is 3.77. The van der Waals surface area contributed by atoms with E-state index in [0.29, 0.717) is 5.89 Å². The van der Waals surface area contributed by atoms with Gasteiger partial charge in [-0.15, -0.1) is 0 Å². The third kappa shape index (κ3) is 4.57. The van der Waals surface area contributed by atoms with Crippen LogP contribution in [0.15, 0.2) is 179 Å². The molecule has 230 valence electrons. The zero-order valence-electron chi connectivity index (χ0n) is 26.4. The molecule has 0 radical (unpaired) electrons. The second-order valence-corrected chi connectivity index (χ2v) is 12.4. The van der Waals surface area contributed by atoms with Crippen molar-refractivity contribution >= 4 is 71.6 Å². The number of rotatable bonds is 5. The van der Waals surface area contributed by atoms with Crippen LogP contribution in [0.1, 0.15) is 0 Å². The molecule has 0 spiro atoms. The van der Waals surface area contributed by atoms with Crippen LogP contribution in [-0.4, -0.2) is 4.98 Å². The predicted octanol–water partition coefficient (Wildman–Crippen LogP) is 12.8. The summed E-state index contributed by atoms with van der Waals surface area (Å²) >= 11 is 0. The van der Waals surface area contributed by atoms with E-state index in [1.807, 2.05) is 48.5 Å². The molecule has 4 nitrogen and oxygen atoms in total. The van der Waals surface area contributed by atoms with Gasteiger partial charge in [-0.25, -0.2) is 4.98 Å². The van der Waals surface area contributed by atoms with E-state index in [1.165, 1.54) is 32.7 Å². The topological polar surface area (TPSA) is 42.4 Å². The van der Waals surface area contributed by atoms with Crippen LogP contribution in [0.25, 0.3) is 77.2 Å². The summed E-state index contributed by atoms with van der Waals surface area (Å²) in [5.74, 6) is 0.600. The van der Waals surface area contributed by atoms with Gasteiger partial charge in [0.05, 0.1) is 5.39 Å². The van der Waals surface area contributed by atoms with Crippen LogP contribution in [0.4, 0.5) is 17.1 Å². The van der Waals surface area contributed by atoms with E-state index < -0.39 is 0 Å². The number of oxazole rings is 1. The zero-order chi connectivity index (χ0) is 32.3. The van der Waals surface area contributed by atoms with Crippen LogP contribution in [-0.2, 0) is 0 Å². The second kappa shape index (κ2) is 11.0. The minimum absolute atomic E-state index is 0.600. The average molecular weight is 629 g/mol. The van der Waals surface area contributed by atoms with Crippen molar-refractivity contribution in [3.63, 3.8) is 0 Å². The quantitative estimate of drug-likeness (QED) is 0.178. The summed E-state index contributed by atoms with van der Waals surface area (Å²) in [6.45, 7) is 0. The van der Waals surface area contributed by atoms with Crippen LogP contribution < -0.4 is 4.90 Å². The molecular formula is C45H28N2O2. The lowest BCUT2D eigenvalue weighted by Crippen LogP contribution is -2.09. The van der Waals surface area contributed by atoms with E-state index in [9.17, 15) is 0 Å². The minimum Gasteiger partial charge on any atom is -0.456 e. The van der Waals surface area contributed by atoms with Crippen molar-refractivity contribution in [1.29, 1.82) is 0 Å². The van der Waals surface area contributed by atoms with Crippen molar-refractivity contribution in [3.8, 4) is 22.6 Å². The van der Waals surface area contributed by atoms with E-state index in [-0.39, 0.29) is 0 Å². The highest BCUT2D eigenvalue weighted by Crippen LogP contribution is 2.42. The molecule has 10 aromatic rings. The molecular weight excluding hydrogens is 601 g/mol. The Hall–Kier alpha value is -6.65. The smallest absolute Gasteiger partial charge is 0.227 e. The first-order valence-corrected chi connectivity index (χ1v) is 16.5. The van der Waals surface area contributed by atoms with Crippen molar-refractivity contribution in [1.82, 2.24) is 4.98 Å². The summed E-state index contributed by atoms with van der Waals surface area (Å²) in [4.78, 5) is 7.23. The van der Waals surface area contributed by atoms with E-state index in [0.717, 1.165) is 55.7 Å². The van der Waals surface area contributed by atoms with Crippen LogP contribution in [0, 0.1) is 0 Å². The molecule has 8 aromatic carbocycles. The molecule has 0 saturated heterocycles. The standard InChI is InChI=1S/C45H28N2O2/c1-3-9-29(10-4-1)30-17-19-34(20-18-30)47(35-21-23-38-33(27-35)16-15-31-11-7-8-14-37(31)38)36-22-24-39-42(28-36)48-40-25-26-41-44(43(39)40)46-45(49-41)32-12-5-2-6-13-32/h1-28H. The number of hydrogen-bond donors (Lipinski definition) is 0. The number of anilines is 3. The van der Waals surface area contributed by atoms with Crippen molar-refractivity contribution in [2.24, 2.45) is 0 Å². The fraction of sp³-hybridized carbons (Fsp3) is 0. The second-order valence-electron chi connectivity index (χ2n) is 12.4. The maximum atomic E-state index is 6.53. The normalized spacial score (nSPS) is 11.7. The number of furan rings is 1. The van der Waals surface area contributed by atoms with Gasteiger partial charge in [0.1, 0.15) is 16.7 Å². The number of hydrogen-bond acceptors (Lipinski definition) is 4. The molecule has 0 fully saturated rings. The van der Waals surface area contributed by atoms with Gasteiger partial charge in [-0.1, -0.05) is 103 Å². The lowest BCUT2D eigenvalue weighted by Gasteiger charge is -2.26. The van der Waals surface area contributed by atoms with E-state index in [4.69, 9.17) is 13.8 Å². The van der Waals surface area contributed by atoms with Crippen molar-refractivity contribution in [2.45, 2.75) is 0 Å². The molecule has 2 heterocycles. The lowest BCUT2D eigenvalue weighted by atomic mass is 10.0. The molecule has 0 saturated carbocycles. The first-order chi connectivity index (χ1) is 24.3. The minimum atomic E-state index is 0.600. The van der Waals surface area contributed by atoms with Gasteiger partial charge in [0.15, 0.2) is 5.58 Å². The number of fused-ring (bicyclic) bond motifs is 8. The summed E-state index contributed by atoms with van der Waals surface area (Å²) in [6, 6.07) is 59.3. The Bertz CT molecular complexity index is 2820. The fourth-order valence-electron chi connectivity index (χ4n) is 7.10. The maximum Gasteiger partial charge on any atom is 0.227 e. The van der Waals surface area contributed by atoms with Gasteiger partial charge in [0, 0.05) is 34.1 Å². The van der Waals surface area contributed by atoms with E-state index >= 15 is 0 Å². The van der Waals surface area contributed by atoms with Gasteiger partial charge in [0.25, 0.3) is 0 Å². The highest BCUT2D eigenvalue weighted by molar-refractivity contribution is 6.17. The molecule has 4 heteroatoms. The van der Waals surface area contributed by atoms with Gasteiger partial charge in [-0.05, 0) is 93.3 Å². The van der Waals surface area contributed by atoms with Crippen molar-refractivity contribution in [2.75, 3.05) is 4.90 Å². The van der Waals surface area contributed by atoms with Crippen LogP contribution >= 0.6 is 0 Å². The summed E-state index contributed by atoms with van der Waals surface area (Å²) in [5, 5.41) is 6.88. The molecule has 2 aromatic heterocycles. The molecule has 0 aliphatic heterocycles. The molecule has 10 rings (SSSR count). The Morgan fingerprint density at radius 3 is 1.82 bits per heavy atom. The molecule has 0 atom stereocenters. The fourth-order valence-corrected chi connectivity index (χ4v) is 7.10. The number of benzene rings is 8. The first kappa shape index (κ1) is 27.5. The van der Waals surface area contributed by atoms with E-state index in [2.05, 4.69) is 126 Å². The molecule has 0 aliphatic rings.